The predicted octanol–water partition coefficient (Wildman–Crippen LogP) is 0.296. The highest BCUT2D eigenvalue weighted by Crippen LogP contribution is 1.97. The minimum atomic E-state index is -1.13. The fourth-order valence-corrected chi connectivity index (χ4v) is 1.01. The fraction of sp³-hybridized carbons (Fsp3) is 0.600. The van der Waals surface area contributed by atoms with Gasteiger partial charge in [0.1, 0.15) is 0 Å². The maximum atomic E-state index is 10.9. The third kappa shape index (κ3) is 10.6. The van der Waals surface area contributed by atoms with Gasteiger partial charge in [-0.1, -0.05) is 12.8 Å². The van der Waals surface area contributed by atoms with Crippen molar-refractivity contribution in [3.05, 3.63) is 12.2 Å². The molecule has 0 aromatic heterocycles. The number of hydrogen-bond donors (Lipinski definition) is 3. The predicted molar refractivity (Wildman–Crippen MR) is 55.3 cm³/mol. The summed E-state index contributed by atoms with van der Waals surface area (Å²) in [5, 5.41) is 19.3. The first kappa shape index (κ1) is 13.6. The van der Waals surface area contributed by atoms with Gasteiger partial charge in [-0.25, -0.2) is 4.79 Å². The van der Waals surface area contributed by atoms with Gasteiger partial charge in [0.05, 0.1) is 0 Å². The lowest BCUT2D eigenvalue weighted by Crippen LogP contribution is -2.22. The van der Waals surface area contributed by atoms with Gasteiger partial charge in [-0.3, -0.25) is 4.79 Å². The summed E-state index contributed by atoms with van der Waals surface area (Å²) in [5.74, 6) is -1.52. The van der Waals surface area contributed by atoms with E-state index in [1.165, 1.54) is 0 Å². The minimum absolute atomic E-state index is 0.202. The zero-order valence-electron chi connectivity index (χ0n) is 8.61. The largest absolute Gasteiger partial charge is 0.478 e. The van der Waals surface area contributed by atoms with Crippen molar-refractivity contribution in [1.82, 2.24) is 5.32 Å². The normalized spacial score (nSPS) is 10.5. The number of unbranched alkanes of at least 4 members (excludes halogenated alkanes) is 3. The number of aliphatic hydroxyl groups is 1. The molecule has 0 aliphatic carbocycles. The quantitative estimate of drug-likeness (QED) is 0.401. The Morgan fingerprint density at radius 3 is 2.33 bits per heavy atom. The van der Waals surface area contributed by atoms with E-state index >= 15 is 0 Å². The Labute approximate surface area is 88.8 Å². The molecule has 0 atom stereocenters. The number of aliphatic hydroxyl groups excluding tert-OH is 1. The maximum absolute atomic E-state index is 10.9. The molecular formula is C10H17NO4. The minimum Gasteiger partial charge on any atom is -0.478 e. The van der Waals surface area contributed by atoms with Crippen LogP contribution in [0.5, 0.6) is 0 Å². The van der Waals surface area contributed by atoms with Crippen molar-refractivity contribution in [3.63, 3.8) is 0 Å². The van der Waals surface area contributed by atoms with Crippen LogP contribution in [0.15, 0.2) is 12.2 Å². The van der Waals surface area contributed by atoms with Crippen LogP contribution in [0.1, 0.15) is 25.7 Å². The molecule has 0 aliphatic rings. The van der Waals surface area contributed by atoms with Crippen molar-refractivity contribution in [1.29, 1.82) is 0 Å². The van der Waals surface area contributed by atoms with Gasteiger partial charge in [0, 0.05) is 25.3 Å². The lowest BCUT2D eigenvalue weighted by Gasteiger charge is -2.01. The standard InChI is InChI=1S/C10H17NO4/c12-8-4-2-1-3-7-11-9(13)5-6-10(14)15/h5-6,12H,1-4,7-8H2,(H,11,13)(H,14,15)/b6-5+. The van der Waals surface area contributed by atoms with E-state index in [4.69, 9.17) is 10.2 Å². The lowest BCUT2D eigenvalue weighted by molar-refractivity contribution is -0.131. The van der Waals surface area contributed by atoms with Crippen molar-refractivity contribution in [2.75, 3.05) is 13.2 Å². The second-order valence-corrected chi connectivity index (χ2v) is 3.10. The Kier molecular flexibility index (Phi) is 8.37. The number of carbonyl (C=O) groups excluding carboxylic acids is 1. The number of carbonyl (C=O) groups is 2. The molecule has 0 bridgehead atoms. The van der Waals surface area contributed by atoms with E-state index in [1.807, 2.05) is 0 Å². The van der Waals surface area contributed by atoms with Gasteiger partial charge in [0.15, 0.2) is 0 Å². The number of carboxylic acid groups (broad SMARTS) is 1. The van der Waals surface area contributed by atoms with E-state index in [2.05, 4.69) is 5.32 Å². The molecule has 1 amide bonds. The molecule has 0 saturated heterocycles. The molecule has 86 valence electrons. The Balaban J connectivity index is 3.35. The Morgan fingerprint density at radius 2 is 1.73 bits per heavy atom. The first-order valence-electron chi connectivity index (χ1n) is 4.96. The zero-order valence-corrected chi connectivity index (χ0v) is 8.61. The van der Waals surface area contributed by atoms with Gasteiger partial charge < -0.3 is 15.5 Å². The van der Waals surface area contributed by atoms with Crippen LogP contribution in [0.4, 0.5) is 0 Å². The molecule has 0 aliphatic heterocycles. The molecule has 0 saturated carbocycles. The van der Waals surface area contributed by atoms with E-state index < -0.39 is 5.97 Å². The van der Waals surface area contributed by atoms with Gasteiger partial charge in [0.2, 0.25) is 5.91 Å². The monoisotopic (exact) mass is 215 g/mol. The van der Waals surface area contributed by atoms with Crippen molar-refractivity contribution in [2.24, 2.45) is 0 Å². The molecule has 0 aromatic rings. The Morgan fingerprint density at radius 1 is 1.07 bits per heavy atom. The molecule has 0 fully saturated rings. The number of nitrogens with one attached hydrogen (secondary N) is 1. The summed E-state index contributed by atoms with van der Waals surface area (Å²) in [4.78, 5) is 21.0. The summed E-state index contributed by atoms with van der Waals surface area (Å²) >= 11 is 0. The third-order valence-corrected chi connectivity index (χ3v) is 1.76. The van der Waals surface area contributed by atoms with Crippen LogP contribution >= 0.6 is 0 Å². The summed E-state index contributed by atoms with van der Waals surface area (Å²) in [6.07, 6.45) is 5.32. The smallest absolute Gasteiger partial charge is 0.328 e. The number of rotatable bonds is 8. The van der Waals surface area contributed by atoms with Crippen LogP contribution in [0, 0.1) is 0 Å². The Bertz CT molecular complexity index is 225. The number of amides is 1. The van der Waals surface area contributed by atoms with Gasteiger partial charge in [-0.2, -0.15) is 0 Å². The lowest BCUT2D eigenvalue weighted by atomic mass is 10.2. The average molecular weight is 215 g/mol. The molecular weight excluding hydrogens is 198 g/mol. The van der Waals surface area contributed by atoms with Crippen LogP contribution in [-0.2, 0) is 9.59 Å². The van der Waals surface area contributed by atoms with Crippen molar-refractivity contribution in [3.8, 4) is 0 Å². The summed E-state index contributed by atoms with van der Waals surface area (Å²) in [5.41, 5.74) is 0. The molecule has 3 N–H and O–H groups in total. The number of hydrogen-bond acceptors (Lipinski definition) is 3. The van der Waals surface area contributed by atoms with Crippen LogP contribution < -0.4 is 5.32 Å². The van der Waals surface area contributed by atoms with Gasteiger partial charge in [-0.15, -0.1) is 0 Å². The summed E-state index contributed by atoms with van der Waals surface area (Å²) < 4.78 is 0. The number of aliphatic carboxylic acids is 1. The molecule has 0 radical (unpaired) electrons. The molecule has 0 heterocycles. The highest BCUT2D eigenvalue weighted by atomic mass is 16.4. The molecule has 0 rings (SSSR count). The second kappa shape index (κ2) is 9.21. The first-order valence-corrected chi connectivity index (χ1v) is 4.96. The van der Waals surface area contributed by atoms with Crippen LogP contribution in [0.3, 0.4) is 0 Å². The van der Waals surface area contributed by atoms with E-state index in [9.17, 15) is 9.59 Å². The van der Waals surface area contributed by atoms with E-state index in [0.717, 1.165) is 37.8 Å². The van der Waals surface area contributed by atoms with E-state index in [1.54, 1.807) is 0 Å². The first-order chi connectivity index (χ1) is 7.16. The highest BCUT2D eigenvalue weighted by Gasteiger charge is 1.95. The molecule has 0 aromatic carbocycles. The molecule has 0 spiro atoms. The summed E-state index contributed by atoms with van der Waals surface area (Å²) in [7, 11) is 0. The van der Waals surface area contributed by atoms with Crippen molar-refractivity contribution < 1.29 is 19.8 Å². The highest BCUT2D eigenvalue weighted by molar-refractivity contribution is 5.93. The van der Waals surface area contributed by atoms with Crippen molar-refractivity contribution in [2.45, 2.75) is 25.7 Å². The SMILES string of the molecule is O=C(O)/C=C/C(=O)NCCCCCCO. The average Bonchev–Trinajstić information content (AvgIpc) is 2.20. The van der Waals surface area contributed by atoms with Gasteiger partial charge in [-0.05, 0) is 12.8 Å². The van der Waals surface area contributed by atoms with Gasteiger partial charge >= 0.3 is 5.97 Å². The van der Waals surface area contributed by atoms with E-state index in [-0.39, 0.29) is 12.5 Å². The fourth-order valence-electron chi connectivity index (χ4n) is 1.01. The zero-order chi connectivity index (χ0) is 11.5. The van der Waals surface area contributed by atoms with Gasteiger partial charge in [0.25, 0.3) is 0 Å². The Hall–Kier alpha value is -1.36. The maximum Gasteiger partial charge on any atom is 0.328 e. The van der Waals surface area contributed by atoms with Crippen molar-refractivity contribution >= 4 is 11.9 Å². The molecule has 5 heteroatoms. The van der Waals surface area contributed by atoms with Crippen LogP contribution in [0.2, 0.25) is 0 Å². The topological polar surface area (TPSA) is 86.6 Å². The van der Waals surface area contributed by atoms with Crippen LogP contribution in [-0.4, -0.2) is 35.2 Å². The second-order valence-electron chi connectivity index (χ2n) is 3.10. The van der Waals surface area contributed by atoms with Crippen LogP contribution in [0.25, 0.3) is 0 Å². The van der Waals surface area contributed by atoms with E-state index in [0.29, 0.717) is 6.54 Å². The molecule has 15 heavy (non-hydrogen) atoms. The number of carboxylic acids is 1. The summed E-state index contributed by atoms with van der Waals surface area (Å²) in [6, 6.07) is 0. The third-order valence-electron chi connectivity index (χ3n) is 1.76. The molecule has 5 nitrogen and oxygen atoms in total. The molecule has 0 unspecified atom stereocenters. The summed E-state index contributed by atoms with van der Waals surface area (Å²) in [6.45, 7) is 0.738.